The molecule has 9 nitrogen and oxygen atoms in total. The van der Waals surface area contributed by atoms with Crippen LogP contribution in [0, 0.1) is 0 Å². The van der Waals surface area contributed by atoms with Crippen molar-refractivity contribution in [2.75, 3.05) is 0 Å². The molecule has 162 valence electrons. The highest BCUT2D eigenvalue weighted by Gasteiger charge is 2.39. The summed E-state index contributed by atoms with van der Waals surface area (Å²) in [5, 5.41) is 2.96. The summed E-state index contributed by atoms with van der Waals surface area (Å²) >= 11 is 5.99. The maximum absolute atomic E-state index is 12.9. The summed E-state index contributed by atoms with van der Waals surface area (Å²) in [7, 11) is 0. The lowest BCUT2D eigenvalue weighted by molar-refractivity contribution is -0.136. The minimum absolute atomic E-state index is 0.0104. The highest BCUT2D eigenvalue weighted by molar-refractivity contribution is 6.31. The van der Waals surface area contributed by atoms with Crippen LogP contribution in [0.4, 0.5) is 0 Å². The number of amides is 3. The summed E-state index contributed by atoms with van der Waals surface area (Å²) in [5.74, 6) is -1.10. The smallest absolute Gasteiger partial charge is 0.322 e. The molecule has 5 rings (SSSR count). The first-order chi connectivity index (χ1) is 15.3. The number of benzene rings is 2. The van der Waals surface area contributed by atoms with Gasteiger partial charge in [0.2, 0.25) is 11.8 Å². The Morgan fingerprint density at radius 2 is 1.84 bits per heavy atom. The number of H-pyrrole nitrogens is 1. The number of nitrogens with zero attached hydrogens (tertiary/aromatic N) is 2. The summed E-state index contributed by atoms with van der Waals surface area (Å²) < 4.78 is 1.08. The van der Waals surface area contributed by atoms with Gasteiger partial charge in [0.05, 0.1) is 17.4 Å². The van der Waals surface area contributed by atoms with E-state index in [2.05, 4.69) is 10.3 Å². The third kappa shape index (κ3) is 3.31. The van der Waals surface area contributed by atoms with Crippen LogP contribution in [-0.4, -0.2) is 38.2 Å². The number of aromatic amines is 1. The van der Waals surface area contributed by atoms with Crippen molar-refractivity contribution >= 4 is 40.2 Å². The average molecular weight is 453 g/mol. The van der Waals surface area contributed by atoms with Crippen LogP contribution in [0.5, 0.6) is 0 Å². The number of aromatic nitrogens is 2. The number of halogens is 1. The van der Waals surface area contributed by atoms with Gasteiger partial charge in [-0.1, -0.05) is 23.7 Å². The van der Waals surface area contributed by atoms with Crippen molar-refractivity contribution in [3.8, 4) is 0 Å². The number of hydrogen-bond donors (Lipinski definition) is 2. The minimum Gasteiger partial charge on any atom is -0.322 e. The van der Waals surface area contributed by atoms with E-state index >= 15 is 0 Å². The van der Waals surface area contributed by atoms with Crippen molar-refractivity contribution in [1.82, 2.24) is 19.8 Å². The summed E-state index contributed by atoms with van der Waals surface area (Å²) in [6.07, 6.45) is 0.459. The topological polar surface area (TPSA) is 121 Å². The molecule has 32 heavy (non-hydrogen) atoms. The number of hydrogen-bond acceptors (Lipinski definition) is 5. The summed E-state index contributed by atoms with van der Waals surface area (Å²) in [5.41, 5.74) is 1.21. The average Bonchev–Trinajstić information content (AvgIpc) is 3.07. The third-order valence-corrected chi connectivity index (χ3v) is 6.11. The molecule has 1 saturated heterocycles. The Bertz CT molecular complexity index is 1440. The van der Waals surface area contributed by atoms with Crippen LogP contribution in [-0.2, 0) is 22.7 Å². The summed E-state index contributed by atoms with van der Waals surface area (Å²) in [6, 6.07) is 9.05. The molecule has 1 unspecified atom stereocenters. The molecule has 2 aromatic carbocycles. The second-order valence-corrected chi connectivity index (χ2v) is 8.34. The second kappa shape index (κ2) is 7.45. The van der Waals surface area contributed by atoms with Crippen LogP contribution < -0.4 is 16.6 Å². The highest BCUT2D eigenvalue weighted by atomic mass is 35.5. The first-order valence-electron chi connectivity index (χ1n) is 10.0. The summed E-state index contributed by atoms with van der Waals surface area (Å²) in [4.78, 5) is 65.9. The van der Waals surface area contributed by atoms with Crippen molar-refractivity contribution in [2.24, 2.45) is 0 Å². The normalized spacial score (nSPS) is 18.2. The van der Waals surface area contributed by atoms with Gasteiger partial charge >= 0.3 is 5.69 Å². The first kappa shape index (κ1) is 20.2. The fourth-order valence-corrected chi connectivity index (χ4v) is 4.45. The van der Waals surface area contributed by atoms with E-state index in [0.29, 0.717) is 32.6 Å². The van der Waals surface area contributed by atoms with E-state index in [4.69, 9.17) is 11.6 Å². The zero-order valence-electron chi connectivity index (χ0n) is 16.7. The van der Waals surface area contributed by atoms with Crippen LogP contribution in [0.25, 0.3) is 10.9 Å². The molecule has 0 bridgehead atoms. The lowest BCUT2D eigenvalue weighted by Gasteiger charge is -2.29. The van der Waals surface area contributed by atoms with Gasteiger partial charge < -0.3 is 9.88 Å². The van der Waals surface area contributed by atoms with Gasteiger partial charge in [0, 0.05) is 23.6 Å². The Labute approximate surface area is 185 Å². The molecule has 2 N–H and O–H groups in total. The number of nitrogens with one attached hydrogen (secondary N) is 2. The van der Waals surface area contributed by atoms with E-state index in [-0.39, 0.29) is 37.7 Å². The van der Waals surface area contributed by atoms with Gasteiger partial charge in [-0.2, -0.15) is 0 Å². The maximum Gasteiger partial charge on any atom is 0.329 e. The van der Waals surface area contributed by atoms with E-state index in [0.717, 1.165) is 4.57 Å². The first-order valence-corrected chi connectivity index (χ1v) is 10.4. The van der Waals surface area contributed by atoms with Crippen LogP contribution >= 0.6 is 11.6 Å². The molecule has 3 amide bonds. The van der Waals surface area contributed by atoms with E-state index in [1.807, 2.05) is 0 Å². The van der Waals surface area contributed by atoms with Gasteiger partial charge in [-0.05, 0) is 41.8 Å². The van der Waals surface area contributed by atoms with Gasteiger partial charge in [-0.25, -0.2) is 4.79 Å². The van der Waals surface area contributed by atoms with Crippen molar-refractivity contribution in [3.05, 3.63) is 78.9 Å². The van der Waals surface area contributed by atoms with Gasteiger partial charge in [0.15, 0.2) is 0 Å². The van der Waals surface area contributed by atoms with Gasteiger partial charge in [0.1, 0.15) is 6.04 Å². The molecule has 0 aliphatic carbocycles. The fourth-order valence-electron chi connectivity index (χ4n) is 4.28. The van der Waals surface area contributed by atoms with E-state index < -0.39 is 23.2 Å². The van der Waals surface area contributed by atoms with E-state index in [9.17, 15) is 24.0 Å². The lowest BCUT2D eigenvalue weighted by atomic mass is 10.0. The standard InChI is InChI=1S/C22H17ClN4O5/c23-13-2-4-16-15(8-13)21(31)27(22(32)24-16)9-11-1-3-14-12(7-11)10-26(20(14)30)17-5-6-18(28)25-19(17)29/h1-4,7-8,17H,5-6,9-10H2,(H,24,32)(H,25,28,29). The zero-order chi connectivity index (χ0) is 22.6. The van der Waals surface area contributed by atoms with Gasteiger partial charge in [-0.3, -0.25) is 29.1 Å². The van der Waals surface area contributed by atoms with Crippen LogP contribution in [0.15, 0.2) is 46.0 Å². The lowest BCUT2D eigenvalue weighted by Crippen LogP contribution is -2.52. The summed E-state index contributed by atoms with van der Waals surface area (Å²) in [6.45, 7) is 0.226. The van der Waals surface area contributed by atoms with Crippen LogP contribution in [0.2, 0.25) is 5.02 Å². The monoisotopic (exact) mass is 452 g/mol. The molecule has 0 spiro atoms. The number of fused-ring (bicyclic) bond motifs is 2. The molecular weight excluding hydrogens is 436 g/mol. The Kier molecular flexibility index (Phi) is 4.70. The molecule has 1 fully saturated rings. The van der Waals surface area contributed by atoms with E-state index in [1.165, 1.54) is 11.0 Å². The van der Waals surface area contributed by atoms with Gasteiger partial charge in [0.25, 0.3) is 11.5 Å². The van der Waals surface area contributed by atoms with Gasteiger partial charge in [-0.15, -0.1) is 0 Å². The second-order valence-electron chi connectivity index (χ2n) is 7.90. The Balaban J connectivity index is 1.45. The predicted molar refractivity (Wildman–Crippen MR) is 115 cm³/mol. The van der Waals surface area contributed by atoms with Crippen LogP contribution in [0.1, 0.15) is 34.3 Å². The molecule has 1 aromatic heterocycles. The molecule has 2 aliphatic rings. The molecule has 0 radical (unpaired) electrons. The van der Waals surface area contributed by atoms with Crippen molar-refractivity contribution in [1.29, 1.82) is 0 Å². The number of carbonyl (C=O) groups excluding carboxylic acids is 3. The molecule has 3 heterocycles. The number of rotatable bonds is 3. The minimum atomic E-state index is -0.702. The number of carbonyl (C=O) groups is 3. The quantitative estimate of drug-likeness (QED) is 0.577. The molecule has 10 heteroatoms. The molecule has 3 aromatic rings. The number of imide groups is 1. The molecular formula is C22H17ClN4O5. The Morgan fingerprint density at radius 1 is 1.03 bits per heavy atom. The molecule has 2 aliphatic heterocycles. The molecule has 0 saturated carbocycles. The van der Waals surface area contributed by atoms with Crippen molar-refractivity contribution in [3.63, 3.8) is 0 Å². The fraction of sp³-hybridized carbons (Fsp3) is 0.227. The largest absolute Gasteiger partial charge is 0.329 e. The number of piperidine rings is 1. The Morgan fingerprint density at radius 3 is 2.62 bits per heavy atom. The predicted octanol–water partition coefficient (Wildman–Crippen LogP) is 1.15. The third-order valence-electron chi connectivity index (χ3n) is 5.87. The molecule has 1 atom stereocenters. The Hall–Kier alpha value is -3.72. The highest BCUT2D eigenvalue weighted by Crippen LogP contribution is 2.28. The van der Waals surface area contributed by atoms with Crippen molar-refractivity contribution < 1.29 is 14.4 Å². The van der Waals surface area contributed by atoms with Crippen LogP contribution in [0.3, 0.4) is 0 Å². The zero-order valence-corrected chi connectivity index (χ0v) is 17.4. The van der Waals surface area contributed by atoms with Crippen molar-refractivity contribution in [2.45, 2.75) is 32.0 Å². The maximum atomic E-state index is 12.9. The van der Waals surface area contributed by atoms with E-state index in [1.54, 1.807) is 30.3 Å². The SMILES string of the molecule is O=C1CCC(N2Cc3cc(Cn4c(=O)[nH]c5ccc(Cl)cc5c4=O)ccc3C2=O)C(=O)N1.